The first-order valence-electron chi connectivity index (χ1n) is 7.20. The first-order valence-corrected chi connectivity index (χ1v) is 7.99. The maximum absolute atomic E-state index is 3.73. The fourth-order valence-corrected chi connectivity index (χ4v) is 3.07. The maximum Gasteiger partial charge on any atom is 0.0422 e. The van der Waals surface area contributed by atoms with Gasteiger partial charge in [-0.1, -0.05) is 66.9 Å². The molecule has 0 radical (unpaired) electrons. The summed E-state index contributed by atoms with van der Waals surface area (Å²) in [6, 6.07) is 13.5. The molecule has 0 spiro atoms. The zero-order valence-corrected chi connectivity index (χ0v) is 13.3. The summed E-state index contributed by atoms with van der Waals surface area (Å²) in [4.78, 5) is 0. The lowest BCUT2D eigenvalue weighted by Gasteiger charge is -2.20. The molecule has 0 aliphatic carbocycles. The summed E-state index contributed by atoms with van der Waals surface area (Å²) in [6.07, 6.45) is 4.93. The van der Waals surface area contributed by atoms with Crippen LogP contribution >= 0.6 is 15.9 Å². The van der Waals surface area contributed by atoms with Gasteiger partial charge in [0.15, 0.2) is 0 Å². The molecule has 2 aromatic rings. The van der Waals surface area contributed by atoms with Crippen LogP contribution in [0.1, 0.15) is 39.5 Å². The normalized spacial score (nSPS) is 11.2. The van der Waals surface area contributed by atoms with Crippen LogP contribution in [0.5, 0.6) is 0 Å². The fourth-order valence-electron chi connectivity index (χ4n) is 2.59. The predicted molar refractivity (Wildman–Crippen MR) is 88.9 cm³/mol. The molecule has 2 aromatic carbocycles. The number of nitrogens with one attached hydrogen (secondary N) is 1. The number of halogens is 1. The van der Waals surface area contributed by atoms with E-state index >= 15 is 0 Å². The van der Waals surface area contributed by atoms with Crippen LogP contribution in [0.25, 0.3) is 10.8 Å². The second kappa shape index (κ2) is 6.95. The van der Waals surface area contributed by atoms with Crippen molar-refractivity contribution in [1.82, 2.24) is 0 Å². The maximum atomic E-state index is 3.73. The number of rotatable bonds is 6. The summed E-state index contributed by atoms with van der Waals surface area (Å²) in [5.41, 5.74) is 1.26. The van der Waals surface area contributed by atoms with Crippen molar-refractivity contribution in [3.8, 4) is 0 Å². The van der Waals surface area contributed by atoms with Gasteiger partial charge in [0.25, 0.3) is 0 Å². The molecule has 19 heavy (non-hydrogen) atoms. The minimum Gasteiger partial charge on any atom is -0.382 e. The Labute approximate surface area is 124 Å². The quantitative estimate of drug-likeness (QED) is 0.690. The summed E-state index contributed by atoms with van der Waals surface area (Å²) < 4.78 is 1.16. The Kier molecular flexibility index (Phi) is 5.26. The first kappa shape index (κ1) is 14.4. The highest BCUT2D eigenvalue weighted by atomic mass is 79.9. The average Bonchev–Trinajstić information content (AvgIpc) is 2.43. The second-order valence-corrected chi connectivity index (χ2v) is 5.91. The topological polar surface area (TPSA) is 12.0 Å². The molecular formula is C17H22BrN. The molecule has 0 saturated carbocycles. The summed E-state index contributed by atoms with van der Waals surface area (Å²) in [7, 11) is 0. The summed E-state index contributed by atoms with van der Waals surface area (Å²) in [6.45, 7) is 4.51. The van der Waals surface area contributed by atoms with Gasteiger partial charge in [-0.15, -0.1) is 0 Å². The third-order valence-corrected chi connectivity index (χ3v) is 4.20. The van der Waals surface area contributed by atoms with Gasteiger partial charge in [0.1, 0.15) is 0 Å². The molecule has 2 heteroatoms. The van der Waals surface area contributed by atoms with Crippen LogP contribution in [0.4, 0.5) is 5.69 Å². The zero-order valence-electron chi connectivity index (χ0n) is 11.7. The predicted octanol–water partition coefficient (Wildman–Crippen LogP) is 5.98. The highest BCUT2D eigenvalue weighted by molar-refractivity contribution is 9.10. The monoisotopic (exact) mass is 319 g/mol. The van der Waals surface area contributed by atoms with Crippen molar-refractivity contribution in [2.75, 3.05) is 5.32 Å². The second-order valence-electron chi connectivity index (χ2n) is 5.06. The molecule has 102 valence electrons. The Hall–Kier alpha value is -1.02. The van der Waals surface area contributed by atoms with E-state index in [-0.39, 0.29) is 0 Å². The molecule has 0 fully saturated rings. The number of fused-ring (bicyclic) bond motifs is 1. The third-order valence-electron chi connectivity index (χ3n) is 3.50. The lowest BCUT2D eigenvalue weighted by Crippen LogP contribution is -2.19. The van der Waals surface area contributed by atoms with E-state index in [1.807, 2.05) is 0 Å². The minimum atomic E-state index is 0.583. The van der Waals surface area contributed by atoms with Crippen molar-refractivity contribution in [3.05, 3.63) is 40.9 Å². The number of benzene rings is 2. The summed E-state index contributed by atoms with van der Waals surface area (Å²) in [5, 5.41) is 6.31. The van der Waals surface area contributed by atoms with Gasteiger partial charge >= 0.3 is 0 Å². The molecule has 0 aliphatic heterocycles. The third kappa shape index (κ3) is 3.50. The molecule has 1 N–H and O–H groups in total. The Morgan fingerprint density at radius 3 is 2.21 bits per heavy atom. The molecule has 0 atom stereocenters. The smallest absolute Gasteiger partial charge is 0.0422 e. The molecule has 0 bridgehead atoms. The Morgan fingerprint density at radius 1 is 0.947 bits per heavy atom. The molecule has 0 amide bonds. The van der Waals surface area contributed by atoms with Crippen LogP contribution in [0.3, 0.4) is 0 Å². The van der Waals surface area contributed by atoms with Gasteiger partial charge < -0.3 is 5.32 Å². The van der Waals surface area contributed by atoms with Crippen molar-refractivity contribution in [2.24, 2.45) is 0 Å². The van der Waals surface area contributed by atoms with Gasteiger partial charge in [0, 0.05) is 21.6 Å². The SMILES string of the molecule is CCCC(CCC)Nc1ccc(Br)c2ccccc12. The highest BCUT2D eigenvalue weighted by Crippen LogP contribution is 2.30. The number of hydrogen-bond donors (Lipinski definition) is 1. The lowest BCUT2D eigenvalue weighted by molar-refractivity contribution is 0.587. The molecule has 2 rings (SSSR count). The van der Waals surface area contributed by atoms with Crippen LogP contribution in [0.15, 0.2) is 40.9 Å². The average molecular weight is 320 g/mol. The van der Waals surface area contributed by atoms with E-state index in [4.69, 9.17) is 0 Å². The molecule has 0 heterocycles. The van der Waals surface area contributed by atoms with Crippen molar-refractivity contribution in [1.29, 1.82) is 0 Å². The van der Waals surface area contributed by atoms with Crippen molar-refractivity contribution in [3.63, 3.8) is 0 Å². The Bertz CT molecular complexity index is 530. The molecule has 0 saturated heterocycles. The Balaban J connectivity index is 2.31. The molecule has 0 aliphatic rings. The van der Waals surface area contributed by atoms with E-state index in [2.05, 4.69) is 71.5 Å². The molecule has 1 nitrogen and oxygen atoms in total. The van der Waals surface area contributed by atoms with E-state index < -0.39 is 0 Å². The van der Waals surface area contributed by atoms with Gasteiger partial charge in [-0.25, -0.2) is 0 Å². The van der Waals surface area contributed by atoms with E-state index in [1.54, 1.807) is 0 Å². The van der Waals surface area contributed by atoms with Crippen LogP contribution < -0.4 is 5.32 Å². The van der Waals surface area contributed by atoms with Crippen molar-refractivity contribution >= 4 is 32.4 Å². The number of anilines is 1. The van der Waals surface area contributed by atoms with Crippen LogP contribution in [0.2, 0.25) is 0 Å². The largest absolute Gasteiger partial charge is 0.382 e. The van der Waals surface area contributed by atoms with E-state index in [9.17, 15) is 0 Å². The van der Waals surface area contributed by atoms with Crippen LogP contribution in [-0.4, -0.2) is 6.04 Å². The Morgan fingerprint density at radius 2 is 1.58 bits per heavy atom. The minimum absolute atomic E-state index is 0.583. The zero-order chi connectivity index (χ0) is 13.7. The van der Waals surface area contributed by atoms with Crippen molar-refractivity contribution in [2.45, 2.75) is 45.6 Å². The van der Waals surface area contributed by atoms with Crippen LogP contribution in [0, 0.1) is 0 Å². The fraction of sp³-hybridized carbons (Fsp3) is 0.412. The van der Waals surface area contributed by atoms with Gasteiger partial charge in [0.05, 0.1) is 0 Å². The van der Waals surface area contributed by atoms with E-state index in [0.29, 0.717) is 6.04 Å². The number of hydrogen-bond acceptors (Lipinski definition) is 1. The van der Waals surface area contributed by atoms with E-state index in [1.165, 1.54) is 42.1 Å². The van der Waals surface area contributed by atoms with Crippen LogP contribution in [-0.2, 0) is 0 Å². The standard InChI is InChI=1S/C17H22BrN/c1-3-7-13(8-4-2)19-17-12-11-16(18)14-9-5-6-10-15(14)17/h5-6,9-13,19H,3-4,7-8H2,1-2H3. The summed E-state index contributed by atoms with van der Waals surface area (Å²) >= 11 is 3.63. The lowest BCUT2D eigenvalue weighted by atomic mass is 10.0. The molecular weight excluding hydrogens is 298 g/mol. The van der Waals surface area contributed by atoms with Gasteiger partial charge in [-0.2, -0.15) is 0 Å². The van der Waals surface area contributed by atoms with Crippen molar-refractivity contribution < 1.29 is 0 Å². The molecule has 0 aromatic heterocycles. The van der Waals surface area contributed by atoms with Gasteiger partial charge in [-0.05, 0) is 30.4 Å². The van der Waals surface area contributed by atoms with Gasteiger partial charge in [-0.3, -0.25) is 0 Å². The van der Waals surface area contributed by atoms with Gasteiger partial charge in [0.2, 0.25) is 0 Å². The summed E-state index contributed by atoms with van der Waals surface area (Å²) in [5.74, 6) is 0. The molecule has 0 unspecified atom stereocenters. The highest BCUT2D eigenvalue weighted by Gasteiger charge is 2.09. The first-order chi connectivity index (χ1) is 9.26. The van der Waals surface area contributed by atoms with E-state index in [0.717, 1.165) is 4.47 Å².